The molecule has 0 saturated heterocycles. The first-order valence-electron chi connectivity index (χ1n) is 8.97. The summed E-state index contributed by atoms with van der Waals surface area (Å²) < 4.78 is 0. The fourth-order valence-electron chi connectivity index (χ4n) is 3.16. The van der Waals surface area contributed by atoms with E-state index in [2.05, 4.69) is 57.9 Å². The molecule has 0 unspecified atom stereocenters. The number of benzene rings is 1. The van der Waals surface area contributed by atoms with Gasteiger partial charge in [-0.05, 0) is 38.4 Å². The average Bonchev–Trinajstić information content (AvgIpc) is 2.59. The Balaban J connectivity index is 0.00000288. The molecule has 1 fully saturated rings. The van der Waals surface area contributed by atoms with Gasteiger partial charge >= 0.3 is 0 Å². The highest BCUT2D eigenvalue weighted by molar-refractivity contribution is 14.0. The molecule has 24 heavy (non-hydrogen) atoms. The van der Waals surface area contributed by atoms with Gasteiger partial charge in [0.2, 0.25) is 0 Å². The summed E-state index contributed by atoms with van der Waals surface area (Å²) in [6, 6.07) is 11.3. The topological polar surface area (TPSA) is 39.7 Å². The van der Waals surface area contributed by atoms with Gasteiger partial charge in [0.1, 0.15) is 0 Å². The molecule has 1 aliphatic carbocycles. The highest BCUT2D eigenvalue weighted by Gasteiger charge is 2.14. The van der Waals surface area contributed by atoms with Crippen LogP contribution in [0.4, 0.5) is 0 Å². The summed E-state index contributed by atoms with van der Waals surface area (Å²) in [6.07, 6.45) is 7.76. The molecule has 0 atom stereocenters. The van der Waals surface area contributed by atoms with Crippen molar-refractivity contribution in [2.24, 2.45) is 4.99 Å². The van der Waals surface area contributed by atoms with Gasteiger partial charge in [0.25, 0.3) is 0 Å². The van der Waals surface area contributed by atoms with Crippen molar-refractivity contribution in [1.82, 2.24) is 15.5 Å². The van der Waals surface area contributed by atoms with Crippen LogP contribution in [0, 0.1) is 0 Å². The number of halogens is 1. The van der Waals surface area contributed by atoms with E-state index < -0.39 is 0 Å². The smallest absolute Gasteiger partial charge is 0.191 e. The summed E-state index contributed by atoms with van der Waals surface area (Å²) in [5, 5.41) is 7.01. The first kappa shape index (κ1) is 21.2. The molecule has 0 spiro atoms. The highest BCUT2D eigenvalue weighted by atomic mass is 127. The zero-order valence-electron chi connectivity index (χ0n) is 15.1. The SMILES string of the molecule is CN=C(NCCCN(C)Cc1ccccc1)NC1CCCCC1.I. The number of nitrogens with zero attached hydrogens (tertiary/aromatic N) is 2. The minimum atomic E-state index is 0. The van der Waals surface area contributed by atoms with Crippen LogP contribution in [0.25, 0.3) is 0 Å². The lowest BCUT2D eigenvalue weighted by molar-refractivity contribution is 0.322. The molecule has 0 aliphatic heterocycles. The van der Waals surface area contributed by atoms with E-state index in [4.69, 9.17) is 0 Å². The first-order chi connectivity index (χ1) is 11.3. The molecule has 0 radical (unpaired) electrons. The van der Waals surface area contributed by atoms with Crippen LogP contribution >= 0.6 is 24.0 Å². The number of rotatable bonds is 7. The van der Waals surface area contributed by atoms with Gasteiger partial charge in [-0.15, -0.1) is 24.0 Å². The summed E-state index contributed by atoms with van der Waals surface area (Å²) in [5.41, 5.74) is 1.37. The highest BCUT2D eigenvalue weighted by Crippen LogP contribution is 2.17. The van der Waals surface area contributed by atoms with E-state index in [-0.39, 0.29) is 24.0 Å². The molecule has 4 nitrogen and oxygen atoms in total. The second-order valence-electron chi connectivity index (χ2n) is 6.56. The number of hydrogen-bond donors (Lipinski definition) is 2. The molecule has 0 heterocycles. The van der Waals surface area contributed by atoms with Crippen LogP contribution < -0.4 is 10.6 Å². The fourth-order valence-corrected chi connectivity index (χ4v) is 3.16. The van der Waals surface area contributed by atoms with Gasteiger partial charge in [0.05, 0.1) is 0 Å². The van der Waals surface area contributed by atoms with E-state index >= 15 is 0 Å². The lowest BCUT2D eigenvalue weighted by atomic mass is 9.96. The summed E-state index contributed by atoms with van der Waals surface area (Å²) in [6.45, 7) is 3.06. The van der Waals surface area contributed by atoms with Crippen molar-refractivity contribution < 1.29 is 0 Å². The normalized spacial score (nSPS) is 15.9. The lowest BCUT2D eigenvalue weighted by Gasteiger charge is -2.25. The maximum Gasteiger partial charge on any atom is 0.191 e. The van der Waals surface area contributed by atoms with Crippen LogP contribution in [-0.2, 0) is 6.54 Å². The van der Waals surface area contributed by atoms with Gasteiger partial charge < -0.3 is 15.5 Å². The van der Waals surface area contributed by atoms with Gasteiger partial charge in [0, 0.05) is 26.2 Å². The maximum absolute atomic E-state index is 4.35. The molecule has 0 bridgehead atoms. The van der Waals surface area contributed by atoms with Gasteiger partial charge in [0.15, 0.2) is 5.96 Å². The molecule has 136 valence electrons. The molecular formula is C19H33IN4. The van der Waals surface area contributed by atoms with Crippen molar-refractivity contribution in [3.63, 3.8) is 0 Å². The van der Waals surface area contributed by atoms with E-state index in [1.54, 1.807) is 0 Å². The van der Waals surface area contributed by atoms with Gasteiger partial charge in [-0.1, -0.05) is 49.6 Å². The molecule has 1 aromatic rings. The number of hydrogen-bond acceptors (Lipinski definition) is 2. The molecule has 1 saturated carbocycles. The van der Waals surface area contributed by atoms with Crippen molar-refractivity contribution >= 4 is 29.9 Å². The molecule has 0 aromatic heterocycles. The molecule has 1 aliphatic rings. The first-order valence-corrected chi connectivity index (χ1v) is 8.97. The van der Waals surface area contributed by atoms with E-state index in [9.17, 15) is 0 Å². The van der Waals surface area contributed by atoms with Crippen molar-refractivity contribution in [2.75, 3.05) is 27.2 Å². The monoisotopic (exact) mass is 444 g/mol. The van der Waals surface area contributed by atoms with Crippen molar-refractivity contribution in [1.29, 1.82) is 0 Å². The molecule has 2 N–H and O–H groups in total. The van der Waals surface area contributed by atoms with Crippen LogP contribution in [-0.4, -0.2) is 44.1 Å². The largest absolute Gasteiger partial charge is 0.356 e. The van der Waals surface area contributed by atoms with Gasteiger partial charge in [-0.25, -0.2) is 0 Å². The Morgan fingerprint density at radius 2 is 1.88 bits per heavy atom. The summed E-state index contributed by atoms with van der Waals surface area (Å²) in [5.74, 6) is 0.961. The Morgan fingerprint density at radius 1 is 1.17 bits per heavy atom. The fraction of sp³-hybridized carbons (Fsp3) is 0.632. The predicted molar refractivity (Wildman–Crippen MR) is 114 cm³/mol. The Kier molecular flexibility index (Phi) is 11.1. The minimum absolute atomic E-state index is 0. The molecule has 2 rings (SSSR count). The Morgan fingerprint density at radius 3 is 2.54 bits per heavy atom. The predicted octanol–water partition coefficient (Wildman–Crippen LogP) is 3.62. The number of guanidine groups is 1. The standard InChI is InChI=1S/C19H32N4.HI/c1-20-19(22-18-12-7-4-8-13-18)21-14-9-15-23(2)16-17-10-5-3-6-11-17;/h3,5-6,10-11,18H,4,7-9,12-16H2,1-2H3,(H2,20,21,22);1H. The Labute approximate surface area is 164 Å². The van der Waals surface area contributed by atoms with Crippen LogP contribution in [0.1, 0.15) is 44.1 Å². The van der Waals surface area contributed by atoms with Gasteiger partial charge in [-0.2, -0.15) is 0 Å². The third-order valence-corrected chi connectivity index (χ3v) is 4.47. The zero-order chi connectivity index (χ0) is 16.3. The Bertz CT molecular complexity index is 458. The minimum Gasteiger partial charge on any atom is -0.356 e. The Hall–Kier alpha value is -0.820. The number of nitrogens with one attached hydrogen (secondary N) is 2. The lowest BCUT2D eigenvalue weighted by Crippen LogP contribution is -2.44. The van der Waals surface area contributed by atoms with E-state index in [0.717, 1.165) is 32.0 Å². The van der Waals surface area contributed by atoms with Crippen LogP contribution in [0.5, 0.6) is 0 Å². The van der Waals surface area contributed by atoms with Crippen molar-refractivity contribution in [3.8, 4) is 0 Å². The van der Waals surface area contributed by atoms with Crippen LogP contribution in [0.3, 0.4) is 0 Å². The van der Waals surface area contributed by atoms with Crippen LogP contribution in [0.2, 0.25) is 0 Å². The summed E-state index contributed by atoms with van der Waals surface area (Å²) >= 11 is 0. The second kappa shape index (κ2) is 12.5. The quantitative estimate of drug-likeness (QED) is 0.292. The third-order valence-electron chi connectivity index (χ3n) is 4.47. The maximum atomic E-state index is 4.35. The molecular weight excluding hydrogens is 411 g/mol. The summed E-state index contributed by atoms with van der Waals surface area (Å²) in [7, 11) is 4.04. The third kappa shape index (κ3) is 8.33. The van der Waals surface area contributed by atoms with E-state index in [1.807, 2.05) is 7.05 Å². The zero-order valence-corrected chi connectivity index (χ0v) is 17.5. The van der Waals surface area contributed by atoms with Crippen molar-refractivity contribution in [3.05, 3.63) is 35.9 Å². The average molecular weight is 444 g/mol. The molecule has 0 amide bonds. The number of aliphatic imine (C=N–C) groups is 1. The molecule has 5 heteroatoms. The second-order valence-corrected chi connectivity index (χ2v) is 6.56. The van der Waals surface area contributed by atoms with Gasteiger partial charge in [-0.3, -0.25) is 4.99 Å². The molecule has 1 aromatic carbocycles. The van der Waals surface area contributed by atoms with Crippen LogP contribution in [0.15, 0.2) is 35.3 Å². The van der Waals surface area contributed by atoms with E-state index in [0.29, 0.717) is 6.04 Å². The van der Waals surface area contributed by atoms with Crippen molar-refractivity contribution in [2.45, 2.75) is 51.1 Å². The van der Waals surface area contributed by atoms with E-state index in [1.165, 1.54) is 37.7 Å². The summed E-state index contributed by atoms with van der Waals surface area (Å²) in [4.78, 5) is 6.72.